The van der Waals surface area contributed by atoms with Gasteiger partial charge in [0.2, 0.25) is 0 Å². The smallest absolute Gasteiger partial charge is 0.0453 e. The summed E-state index contributed by atoms with van der Waals surface area (Å²) >= 11 is 10.4. The van der Waals surface area contributed by atoms with Crippen LogP contribution in [0.1, 0.15) is 18.5 Å². The van der Waals surface area contributed by atoms with Gasteiger partial charge in [-0.05, 0) is 25.6 Å². The summed E-state index contributed by atoms with van der Waals surface area (Å²) in [5.74, 6) is 0.722. The molecule has 16 heavy (non-hydrogen) atoms. The van der Waals surface area contributed by atoms with E-state index in [0.29, 0.717) is 0 Å². The van der Waals surface area contributed by atoms with Gasteiger partial charge in [0.15, 0.2) is 0 Å². The molecule has 0 aliphatic rings. The number of rotatable bonds is 5. The van der Waals surface area contributed by atoms with Crippen molar-refractivity contribution in [1.29, 1.82) is 0 Å². The Morgan fingerprint density at radius 2 is 2.12 bits per heavy atom. The quantitative estimate of drug-likeness (QED) is 0.619. The molecule has 1 nitrogen and oxygen atoms in total. The van der Waals surface area contributed by atoms with Crippen molar-refractivity contribution in [2.75, 3.05) is 19.3 Å². The molecule has 1 unspecified atom stereocenters. The summed E-state index contributed by atoms with van der Waals surface area (Å²) in [5, 5.41) is 0.818. The molecule has 0 aliphatic heterocycles. The third-order valence-corrected chi connectivity index (χ3v) is 3.50. The predicted octanol–water partition coefficient (Wildman–Crippen LogP) is 3.82. The zero-order valence-corrected chi connectivity index (χ0v) is 11.4. The maximum atomic E-state index is 6.17. The first-order chi connectivity index (χ1) is 7.56. The van der Waals surface area contributed by atoms with Gasteiger partial charge in [-0.25, -0.2) is 0 Å². The molecule has 0 spiro atoms. The van der Waals surface area contributed by atoms with E-state index >= 15 is 0 Å². The van der Waals surface area contributed by atoms with Crippen molar-refractivity contribution in [2.24, 2.45) is 0 Å². The predicted molar refractivity (Wildman–Crippen MR) is 75.5 cm³/mol. The van der Waals surface area contributed by atoms with Crippen LogP contribution in [0.5, 0.6) is 0 Å². The first kappa shape index (κ1) is 13.6. The van der Waals surface area contributed by atoms with Crippen molar-refractivity contribution in [2.45, 2.75) is 13.0 Å². The van der Waals surface area contributed by atoms with E-state index < -0.39 is 0 Å². The second-order valence-corrected chi connectivity index (χ2v) is 4.74. The number of nitrogens with zero attached hydrogens (tertiary/aromatic N) is 1. The zero-order valence-electron chi connectivity index (χ0n) is 9.78. The number of thiol groups is 1. The summed E-state index contributed by atoms with van der Waals surface area (Å²) in [6.45, 7) is 6.95. The normalized spacial score (nSPS) is 12.8. The summed E-state index contributed by atoms with van der Waals surface area (Å²) in [6, 6.07) is 8.23. The summed E-state index contributed by atoms with van der Waals surface area (Å²) < 4.78 is 0. The van der Waals surface area contributed by atoms with Gasteiger partial charge in [0.1, 0.15) is 0 Å². The van der Waals surface area contributed by atoms with E-state index in [1.165, 1.54) is 0 Å². The lowest BCUT2D eigenvalue weighted by Gasteiger charge is -2.26. The maximum Gasteiger partial charge on any atom is 0.0453 e. The topological polar surface area (TPSA) is 3.24 Å². The van der Waals surface area contributed by atoms with Crippen LogP contribution >= 0.6 is 24.2 Å². The van der Waals surface area contributed by atoms with Crippen molar-refractivity contribution in [1.82, 2.24) is 4.90 Å². The molecular formula is C13H18ClNS. The minimum atomic E-state index is 0.283. The Morgan fingerprint density at radius 1 is 1.50 bits per heavy atom. The molecule has 0 radical (unpaired) electrons. The third-order valence-electron chi connectivity index (χ3n) is 2.71. The number of benzene rings is 1. The summed E-state index contributed by atoms with van der Waals surface area (Å²) in [7, 11) is 2.07. The highest BCUT2D eigenvalue weighted by molar-refractivity contribution is 7.80. The Hall–Kier alpha value is -0.440. The first-order valence-electron chi connectivity index (χ1n) is 5.28. The third kappa shape index (κ3) is 3.55. The van der Waals surface area contributed by atoms with Gasteiger partial charge in [-0.3, -0.25) is 4.90 Å². The molecule has 1 rings (SSSR count). The van der Waals surface area contributed by atoms with Gasteiger partial charge in [-0.15, -0.1) is 0 Å². The Labute approximate surface area is 109 Å². The zero-order chi connectivity index (χ0) is 12.1. The second-order valence-electron chi connectivity index (χ2n) is 4.02. The summed E-state index contributed by atoms with van der Waals surface area (Å²) in [4.78, 5) is 2.22. The molecular weight excluding hydrogens is 238 g/mol. The molecule has 0 heterocycles. The summed E-state index contributed by atoms with van der Waals surface area (Å²) in [5.41, 5.74) is 2.27. The number of hydrogen-bond acceptors (Lipinski definition) is 2. The lowest BCUT2D eigenvalue weighted by molar-refractivity contribution is 0.284. The molecule has 0 fully saturated rings. The molecule has 1 aromatic carbocycles. The first-order valence-corrected chi connectivity index (χ1v) is 6.29. The van der Waals surface area contributed by atoms with Gasteiger partial charge in [0.25, 0.3) is 0 Å². The molecule has 88 valence electrons. The number of halogens is 1. The van der Waals surface area contributed by atoms with Gasteiger partial charge in [0, 0.05) is 23.4 Å². The molecule has 0 saturated carbocycles. The molecule has 1 aromatic rings. The van der Waals surface area contributed by atoms with E-state index in [0.717, 1.165) is 28.5 Å². The maximum absolute atomic E-state index is 6.17. The van der Waals surface area contributed by atoms with E-state index in [1.54, 1.807) is 0 Å². The molecule has 1 atom stereocenters. The minimum absolute atomic E-state index is 0.283. The lowest BCUT2D eigenvalue weighted by Crippen LogP contribution is -2.25. The Bertz CT molecular complexity index is 365. The van der Waals surface area contributed by atoms with E-state index in [4.69, 9.17) is 11.6 Å². The van der Waals surface area contributed by atoms with Crippen LogP contribution in [0.25, 0.3) is 0 Å². The van der Waals surface area contributed by atoms with E-state index in [-0.39, 0.29) is 6.04 Å². The fourth-order valence-corrected chi connectivity index (χ4v) is 1.98. The van der Waals surface area contributed by atoms with Crippen LogP contribution in [0.4, 0.5) is 0 Å². The van der Waals surface area contributed by atoms with Crippen LogP contribution in [-0.4, -0.2) is 24.2 Å². The van der Waals surface area contributed by atoms with Crippen molar-refractivity contribution < 1.29 is 0 Å². The monoisotopic (exact) mass is 255 g/mol. The average molecular weight is 256 g/mol. The van der Waals surface area contributed by atoms with Crippen LogP contribution in [0.3, 0.4) is 0 Å². The van der Waals surface area contributed by atoms with Crippen LogP contribution in [0, 0.1) is 0 Å². The molecule has 0 saturated heterocycles. The number of hydrogen-bond donors (Lipinski definition) is 1. The molecule has 0 aromatic heterocycles. The van der Waals surface area contributed by atoms with Crippen LogP contribution in [-0.2, 0) is 0 Å². The van der Waals surface area contributed by atoms with Crippen molar-refractivity contribution in [3.05, 3.63) is 47.0 Å². The Morgan fingerprint density at radius 3 is 2.69 bits per heavy atom. The Balaban J connectivity index is 2.74. The van der Waals surface area contributed by atoms with Gasteiger partial charge in [-0.2, -0.15) is 12.6 Å². The standard InChI is InChI=1S/C13H18ClNS/c1-10(9-16)8-15(3)11(2)12-6-4-5-7-13(12)14/h4-7,11,16H,1,8-9H2,2-3H3. The molecule has 0 aliphatic carbocycles. The van der Waals surface area contributed by atoms with Crippen molar-refractivity contribution in [3.8, 4) is 0 Å². The van der Waals surface area contributed by atoms with Crippen LogP contribution in [0.2, 0.25) is 5.02 Å². The van der Waals surface area contributed by atoms with Crippen LogP contribution in [0.15, 0.2) is 36.4 Å². The van der Waals surface area contributed by atoms with Crippen molar-refractivity contribution in [3.63, 3.8) is 0 Å². The molecule has 0 N–H and O–H groups in total. The van der Waals surface area contributed by atoms with Crippen LogP contribution < -0.4 is 0 Å². The molecule has 3 heteroatoms. The van der Waals surface area contributed by atoms with E-state index in [2.05, 4.69) is 44.1 Å². The summed E-state index contributed by atoms with van der Waals surface area (Å²) in [6.07, 6.45) is 0. The molecule has 0 amide bonds. The largest absolute Gasteiger partial charge is 0.296 e. The molecule has 0 bridgehead atoms. The minimum Gasteiger partial charge on any atom is -0.296 e. The fourth-order valence-electron chi connectivity index (χ4n) is 1.59. The highest BCUT2D eigenvalue weighted by atomic mass is 35.5. The lowest BCUT2D eigenvalue weighted by atomic mass is 10.1. The van der Waals surface area contributed by atoms with Gasteiger partial charge >= 0.3 is 0 Å². The fraction of sp³-hybridized carbons (Fsp3) is 0.385. The highest BCUT2D eigenvalue weighted by Crippen LogP contribution is 2.26. The van der Waals surface area contributed by atoms with Gasteiger partial charge < -0.3 is 0 Å². The van der Waals surface area contributed by atoms with Crippen molar-refractivity contribution >= 4 is 24.2 Å². The van der Waals surface area contributed by atoms with Gasteiger partial charge in [-0.1, -0.05) is 42.0 Å². The van der Waals surface area contributed by atoms with E-state index in [9.17, 15) is 0 Å². The Kier molecular flexibility index (Phi) is 5.39. The average Bonchev–Trinajstić information content (AvgIpc) is 2.28. The number of likely N-dealkylation sites (N-methyl/N-ethyl adjacent to an activating group) is 1. The SMILES string of the molecule is C=C(CS)CN(C)C(C)c1ccccc1Cl. The highest BCUT2D eigenvalue weighted by Gasteiger charge is 2.14. The van der Waals surface area contributed by atoms with Gasteiger partial charge in [0.05, 0.1) is 0 Å². The van der Waals surface area contributed by atoms with E-state index in [1.807, 2.05) is 18.2 Å². The second kappa shape index (κ2) is 6.33.